The van der Waals surface area contributed by atoms with E-state index in [4.69, 9.17) is 14.7 Å². The normalized spacial score (nSPS) is 19.5. The Bertz CT molecular complexity index is 784. The highest BCUT2D eigenvalue weighted by molar-refractivity contribution is 5.91. The number of nitriles is 1. The van der Waals surface area contributed by atoms with Crippen LogP contribution >= 0.6 is 0 Å². The summed E-state index contributed by atoms with van der Waals surface area (Å²) >= 11 is 0. The minimum absolute atomic E-state index is 0.292. The van der Waals surface area contributed by atoms with Crippen LogP contribution in [-0.4, -0.2) is 19.7 Å². The lowest BCUT2D eigenvalue weighted by Gasteiger charge is -2.28. The van der Waals surface area contributed by atoms with Gasteiger partial charge in [0.1, 0.15) is 11.8 Å². The van der Waals surface area contributed by atoms with E-state index in [1.54, 1.807) is 31.4 Å². The Morgan fingerprint density at radius 1 is 1.08 bits per heavy atom. The second-order valence-electron chi connectivity index (χ2n) is 6.79. The lowest BCUT2D eigenvalue weighted by Crippen LogP contribution is -2.17. The van der Waals surface area contributed by atoms with Gasteiger partial charge in [0, 0.05) is 13.7 Å². The first-order valence-corrected chi connectivity index (χ1v) is 9.01. The molecule has 0 atom stereocenters. The van der Waals surface area contributed by atoms with E-state index in [9.17, 15) is 4.79 Å². The van der Waals surface area contributed by atoms with Crippen LogP contribution in [0.2, 0.25) is 0 Å². The smallest absolute Gasteiger partial charge is 0.343 e. The number of esters is 1. The molecule has 0 N–H and O–H groups in total. The Morgan fingerprint density at radius 2 is 1.77 bits per heavy atom. The van der Waals surface area contributed by atoms with Gasteiger partial charge in [0.05, 0.1) is 11.1 Å². The van der Waals surface area contributed by atoms with Crippen LogP contribution in [0.1, 0.15) is 53.1 Å². The SMILES string of the molecule is COC[C@H]1CC[C@H](c2ccc(C(=O)Oc3ccccc3C#N)cc2)CC1. The zero-order valence-electron chi connectivity index (χ0n) is 15.0. The van der Waals surface area contributed by atoms with Gasteiger partial charge in [-0.1, -0.05) is 24.3 Å². The Hall–Kier alpha value is -2.64. The molecular weight excluding hydrogens is 326 g/mol. The van der Waals surface area contributed by atoms with E-state index in [0.717, 1.165) is 19.4 Å². The van der Waals surface area contributed by atoms with Gasteiger partial charge in [-0.15, -0.1) is 0 Å². The molecule has 0 bridgehead atoms. The second-order valence-corrected chi connectivity index (χ2v) is 6.79. The summed E-state index contributed by atoms with van der Waals surface area (Å²) in [5.41, 5.74) is 2.12. The van der Waals surface area contributed by atoms with Gasteiger partial charge in [0.25, 0.3) is 0 Å². The minimum Gasteiger partial charge on any atom is -0.422 e. The third kappa shape index (κ3) is 4.30. The number of carbonyl (C=O) groups excluding carboxylic acids is 1. The van der Waals surface area contributed by atoms with Crippen LogP contribution in [0.4, 0.5) is 0 Å². The summed E-state index contributed by atoms with van der Waals surface area (Å²) in [6.45, 7) is 0.849. The number of methoxy groups -OCH3 is 1. The molecule has 0 amide bonds. The predicted molar refractivity (Wildman–Crippen MR) is 99.1 cm³/mol. The highest BCUT2D eigenvalue weighted by Gasteiger charge is 2.22. The van der Waals surface area contributed by atoms with Crippen LogP contribution in [0.15, 0.2) is 48.5 Å². The minimum atomic E-state index is -0.442. The Labute approximate surface area is 154 Å². The number of ether oxygens (including phenoxy) is 2. The van der Waals surface area contributed by atoms with Gasteiger partial charge in [-0.25, -0.2) is 4.79 Å². The van der Waals surface area contributed by atoms with E-state index in [-0.39, 0.29) is 0 Å². The van der Waals surface area contributed by atoms with E-state index in [2.05, 4.69) is 0 Å². The fraction of sp³-hybridized carbons (Fsp3) is 0.364. The van der Waals surface area contributed by atoms with Crippen molar-refractivity contribution in [2.45, 2.75) is 31.6 Å². The van der Waals surface area contributed by atoms with E-state index in [0.29, 0.717) is 28.7 Å². The molecule has 2 aromatic carbocycles. The lowest BCUT2D eigenvalue weighted by molar-refractivity contribution is 0.0734. The molecule has 1 fully saturated rings. The molecule has 1 aliphatic rings. The summed E-state index contributed by atoms with van der Waals surface area (Å²) in [4.78, 5) is 12.3. The number of hydrogen-bond acceptors (Lipinski definition) is 4. The van der Waals surface area contributed by atoms with Crippen LogP contribution in [0.3, 0.4) is 0 Å². The maximum absolute atomic E-state index is 12.3. The predicted octanol–water partition coefficient (Wildman–Crippen LogP) is 4.70. The molecule has 0 spiro atoms. The third-order valence-electron chi connectivity index (χ3n) is 5.08. The molecule has 4 nitrogen and oxygen atoms in total. The van der Waals surface area contributed by atoms with Gasteiger partial charge < -0.3 is 9.47 Å². The molecule has 0 unspecified atom stereocenters. The number of carbonyl (C=O) groups is 1. The first kappa shape index (κ1) is 18.2. The third-order valence-corrected chi connectivity index (χ3v) is 5.08. The number of benzene rings is 2. The Balaban J connectivity index is 1.63. The second kappa shape index (κ2) is 8.64. The van der Waals surface area contributed by atoms with Crippen molar-refractivity contribution in [3.05, 3.63) is 65.2 Å². The van der Waals surface area contributed by atoms with Crippen LogP contribution < -0.4 is 4.74 Å². The first-order valence-electron chi connectivity index (χ1n) is 9.01. The monoisotopic (exact) mass is 349 g/mol. The first-order chi connectivity index (χ1) is 12.7. The summed E-state index contributed by atoms with van der Waals surface area (Å²) in [7, 11) is 1.76. The summed E-state index contributed by atoms with van der Waals surface area (Å²) in [6, 6.07) is 16.4. The van der Waals surface area contributed by atoms with E-state index in [1.165, 1.54) is 18.4 Å². The van der Waals surface area contributed by atoms with E-state index in [1.807, 2.05) is 30.3 Å². The van der Waals surface area contributed by atoms with Crippen molar-refractivity contribution >= 4 is 5.97 Å². The average molecular weight is 349 g/mol. The van der Waals surface area contributed by atoms with Crippen LogP contribution in [0.25, 0.3) is 0 Å². The topological polar surface area (TPSA) is 59.3 Å². The molecule has 4 heteroatoms. The lowest BCUT2D eigenvalue weighted by atomic mass is 9.79. The standard InChI is InChI=1S/C22H23NO3/c1-25-15-16-6-8-17(9-7-16)18-10-12-19(13-11-18)22(24)26-21-5-3-2-4-20(21)14-23/h2-5,10-13,16-17H,6-9,15H2,1H3/t16-,17-. The number of para-hydroxylation sites is 1. The van der Waals surface area contributed by atoms with Crippen molar-refractivity contribution < 1.29 is 14.3 Å². The van der Waals surface area contributed by atoms with Crippen LogP contribution in [-0.2, 0) is 4.74 Å². The van der Waals surface area contributed by atoms with Gasteiger partial charge >= 0.3 is 5.97 Å². The molecular formula is C22H23NO3. The maximum Gasteiger partial charge on any atom is 0.343 e. The molecule has 134 valence electrons. The molecule has 1 aliphatic carbocycles. The van der Waals surface area contributed by atoms with Gasteiger partial charge in [-0.2, -0.15) is 5.26 Å². The van der Waals surface area contributed by atoms with Gasteiger partial charge in [-0.3, -0.25) is 0 Å². The van der Waals surface area contributed by atoms with Gasteiger partial charge in [0.15, 0.2) is 0 Å². The van der Waals surface area contributed by atoms with Crippen molar-refractivity contribution in [3.63, 3.8) is 0 Å². The number of rotatable bonds is 5. The van der Waals surface area contributed by atoms with Crippen molar-refractivity contribution in [1.29, 1.82) is 5.26 Å². The highest BCUT2D eigenvalue weighted by Crippen LogP contribution is 2.35. The van der Waals surface area contributed by atoms with E-state index < -0.39 is 5.97 Å². The quantitative estimate of drug-likeness (QED) is 0.580. The molecule has 2 aromatic rings. The molecule has 0 aliphatic heterocycles. The number of nitrogens with zero attached hydrogens (tertiary/aromatic N) is 1. The molecule has 26 heavy (non-hydrogen) atoms. The van der Waals surface area contributed by atoms with Crippen LogP contribution in [0.5, 0.6) is 5.75 Å². The van der Waals surface area contributed by atoms with Crippen molar-refractivity contribution in [2.24, 2.45) is 5.92 Å². The molecule has 0 radical (unpaired) electrons. The zero-order valence-corrected chi connectivity index (χ0v) is 15.0. The molecule has 0 aromatic heterocycles. The zero-order chi connectivity index (χ0) is 18.4. The van der Waals surface area contributed by atoms with Crippen molar-refractivity contribution in [3.8, 4) is 11.8 Å². The van der Waals surface area contributed by atoms with E-state index >= 15 is 0 Å². The van der Waals surface area contributed by atoms with Crippen molar-refractivity contribution in [1.82, 2.24) is 0 Å². The summed E-state index contributed by atoms with van der Waals surface area (Å²) < 4.78 is 10.6. The Kier molecular flexibility index (Phi) is 6.04. The fourth-order valence-corrected chi connectivity index (χ4v) is 3.60. The largest absolute Gasteiger partial charge is 0.422 e. The summed E-state index contributed by atoms with van der Waals surface area (Å²) in [5, 5.41) is 9.09. The average Bonchev–Trinajstić information content (AvgIpc) is 2.69. The molecule has 3 rings (SSSR count). The Morgan fingerprint density at radius 3 is 2.42 bits per heavy atom. The van der Waals surface area contributed by atoms with Gasteiger partial charge in [0.2, 0.25) is 0 Å². The summed E-state index contributed by atoms with van der Waals surface area (Å²) in [6.07, 6.45) is 4.70. The molecule has 0 saturated heterocycles. The summed E-state index contributed by atoms with van der Waals surface area (Å²) in [5.74, 6) is 1.07. The van der Waals surface area contributed by atoms with Gasteiger partial charge in [-0.05, 0) is 67.3 Å². The number of hydrogen-bond donors (Lipinski definition) is 0. The molecule has 1 saturated carbocycles. The fourth-order valence-electron chi connectivity index (χ4n) is 3.60. The maximum atomic E-state index is 12.3. The van der Waals surface area contributed by atoms with Crippen LogP contribution in [0, 0.1) is 17.2 Å². The highest BCUT2D eigenvalue weighted by atomic mass is 16.5. The van der Waals surface area contributed by atoms with Crippen molar-refractivity contribution in [2.75, 3.05) is 13.7 Å². The molecule has 0 heterocycles.